The van der Waals surface area contributed by atoms with Gasteiger partial charge in [-0.2, -0.15) is 0 Å². The normalized spacial score (nSPS) is 18.4. The second-order valence-corrected chi connectivity index (χ2v) is 7.57. The Morgan fingerprint density at radius 2 is 1.64 bits per heavy atom. The molecule has 0 spiro atoms. The van der Waals surface area contributed by atoms with E-state index in [1.54, 1.807) is 0 Å². The molecule has 0 bridgehead atoms. The standard InChI is InChI=1S/C19H21BClFO3/c1-18(2)19(3,4)25-20(24-18)14-10-15(21)17(11-16(14)22)23-12-13-8-6-5-7-9-13/h5-11H,12H2,1-4H3. The molecule has 2 aromatic carbocycles. The van der Waals surface area contributed by atoms with Gasteiger partial charge in [-0.05, 0) is 39.3 Å². The summed E-state index contributed by atoms with van der Waals surface area (Å²) in [5, 5.41) is 0.321. The number of benzene rings is 2. The maximum absolute atomic E-state index is 14.6. The van der Waals surface area contributed by atoms with Crippen molar-refractivity contribution >= 4 is 24.2 Å². The minimum Gasteiger partial charge on any atom is -0.487 e. The highest BCUT2D eigenvalue weighted by atomic mass is 35.5. The summed E-state index contributed by atoms with van der Waals surface area (Å²) in [5.41, 5.74) is 0.169. The maximum atomic E-state index is 14.6. The number of hydrogen-bond donors (Lipinski definition) is 0. The van der Waals surface area contributed by atoms with Crippen molar-refractivity contribution < 1.29 is 18.4 Å². The molecular formula is C19H21BClFO3. The van der Waals surface area contributed by atoms with Gasteiger partial charge in [0, 0.05) is 11.5 Å². The molecule has 1 heterocycles. The average molecular weight is 363 g/mol. The molecule has 1 aliphatic rings. The van der Waals surface area contributed by atoms with Gasteiger partial charge in [-0.1, -0.05) is 41.9 Å². The van der Waals surface area contributed by atoms with Gasteiger partial charge < -0.3 is 14.0 Å². The Balaban J connectivity index is 1.79. The lowest BCUT2D eigenvalue weighted by atomic mass is 9.78. The Kier molecular flexibility index (Phi) is 4.84. The molecule has 132 valence electrons. The fourth-order valence-corrected chi connectivity index (χ4v) is 2.77. The van der Waals surface area contributed by atoms with Crippen molar-refractivity contribution in [1.29, 1.82) is 0 Å². The predicted molar refractivity (Wildman–Crippen MR) is 97.9 cm³/mol. The molecule has 1 fully saturated rings. The summed E-state index contributed by atoms with van der Waals surface area (Å²) >= 11 is 6.29. The summed E-state index contributed by atoms with van der Waals surface area (Å²) in [5.74, 6) is -0.172. The van der Waals surface area contributed by atoms with Crippen LogP contribution in [0.3, 0.4) is 0 Å². The van der Waals surface area contributed by atoms with Crippen LogP contribution in [0.1, 0.15) is 33.3 Å². The molecule has 1 aliphatic heterocycles. The smallest absolute Gasteiger partial charge is 0.487 e. The fourth-order valence-electron chi connectivity index (χ4n) is 2.54. The number of rotatable bonds is 4. The van der Waals surface area contributed by atoms with Gasteiger partial charge in [0.1, 0.15) is 18.2 Å². The van der Waals surface area contributed by atoms with Gasteiger partial charge in [0.25, 0.3) is 0 Å². The molecule has 0 unspecified atom stereocenters. The van der Waals surface area contributed by atoms with Crippen LogP contribution in [0, 0.1) is 5.82 Å². The van der Waals surface area contributed by atoms with Gasteiger partial charge in [-0.15, -0.1) is 0 Å². The van der Waals surface area contributed by atoms with E-state index in [2.05, 4.69) is 0 Å². The second-order valence-electron chi connectivity index (χ2n) is 7.17. The third-order valence-electron chi connectivity index (χ3n) is 4.80. The molecule has 0 amide bonds. The highest BCUT2D eigenvalue weighted by molar-refractivity contribution is 6.62. The van der Waals surface area contributed by atoms with E-state index in [9.17, 15) is 4.39 Å². The molecule has 3 rings (SSSR count). The van der Waals surface area contributed by atoms with E-state index < -0.39 is 24.1 Å². The van der Waals surface area contributed by atoms with Crippen molar-refractivity contribution in [1.82, 2.24) is 0 Å². The molecule has 25 heavy (non-hydrogen) atoms. The van der Waals surface area contributed by atoms with E-state index in [-0.39, 0.29) is 5.46 Å². The minimum atomic E-state index is -0.800. The van der Waals surface area contributed by atoms with E-state index in [0.29, 0.717) is 17.4 Å². The van der Waals surface area contributed by atoms with E-state index >= 15 is 0 Å². The largest absolute Gasteiger partial charge is 0.497 e. The Bertz CT molecular complexity index is 749. The molecule has 2 aromatic rings. The van der Waals surface area contributed by atoms with E-state index in [1.807, 2.05) is 58.0 Å². The zero-order valence-electron chi connectivity index (χ0n) is 14.8. The Morgan fingerprint density at radius 1 is 1.04 bits per heavy atom. The minimum absolute atomic E-state index is 0.274. The fraction of sp³-hybridized carbons (Fsp3) is 0.368. The Labute approximate surface area is 153 Å². The first-order valence-corrected chi connectivity index (χ1v) is 8.59. The Morgan fingerprint density at radius 3 is 2.24 bits per heavy atom. The van der Waals surface area contributed by atoms with Crippen LogP contribution >= 0.6 is 11.6 Å². The summed E-state index contributed by atoms with van der Waals surface area (Å²) in [4.78, 5) is 0. The van der Waals surface area contributed by atoms with Crippen molar-refractivity contribution in [2.24, 2.45) is 0 Å². The van der Waals surface area contributed by atoms with Crippen LogP contribution in [-0.2, 0) is 15.9 Å². The third-order valence-corrected chi connectivity index (χ3v) is 5.09. The van der Waals surface area contributed by atoms with Crippen LogP contribution in [0.2, 0.25) is 5.02 Å². The van der Waals surface area contributed by atoms with Crippen LogP contribution < -0.4 is 10.2 Å². The molecule has 3 nitrogen and oxygen atoms in total. The first kappa shape index (κ1) is 18.2. The van der Waals surface area contributed by atoms with E-state index in [0.717, 1.165) is 5.56 Å². The van der Waals surface area contributed by atoms with Gasteiger partial charge in [0.15, 0.2) is 0 Å². The summed E-state index contributed by atoms with van der Waals surface area (Å²) in [7, 11) is -0.800. The van der Waals surface area contributed by atoms with E-state index in [1.165, 1.54) is 12.1 Å². The van der Waals surface area contributed by atoms with Crippen molar-refractivity contribution in [3.8, 4) is 5.75 Å². The monoisotopic (exact) mass is 362 g/mol. The van der Waals surface area contributed by atoms with Crippen molar-refractivity contribution in [2.45, 2.75) is 45.5 Å². The summed E-state index contributed by atoms with van der Waals surface area (Å²) < 4.78 is 32.0. The van der Waals surface area contributed by atoms with Crippen molar-refractivity contribution in [3.63, 3.8) is 0 Å². The molecule has 6 heteroatoms. The van der Waals surface area contributed by atoms with Crippen LogP contribution in [0.25, 0.3) is 0 Å². The molecule has 1 saturated heterocycles. The zero-order chi connectivity index (χ0) is 18.2. The van der Waals surface area contributed by atoms with Crippen molar-refractivity contribution in [2.75, 3.05) is 0 Å². The highest BCUT2D eigenvalue weighted by Gasteiger charge is 2.52. The van der Waals surface area contributed by atoms with Crippen LogP contribution in [0.4, 0.5) is 4.39 Å². The predicted octanol–water partition coefficient (Wildman–Crippen LogP) is 4.36. The summed E-state index contributed by atoms with van der Waals surface area (Å²) in [6.07, 6.45) is 0. The van der Waals surface area contributed by atoms with Gasteiger partial charge in [-0.25, -0.2) is 4.39 Å². The lowest BCUT2D eigenvalue weighted by Crippen LogP contribution is -2.41. The van der Waals surface area contributed by atoms with Gasteiger partial charge in [-0.3, -0.25) is 0 Å². The maximum Gasteiger partial charge on any atom is 0.497 e. The molecule has 0 aliphatic carbocycles. The molecule has 0 saturated carbocycles. The van der Waals surface area contributed by atoms with Gasteiger partial charge in [0.05, 0.1) is 16.2 Å². The van der Waals surface area contributed by atoms with E-state index in [4.69, 9.17) is 25.6 Å². The summed E-state index contributed by atoms with van der Waals surface area (Å²) in [6.45, 7) is 8.00. The van der Waals surface area contributed by atoms with Gasteiger partial charge >= 0.3 is 7.12 Å². The number of hydrogen-bond acceptors (Lipinski definition) is 3. The van der Waals surface area contributed by atoms with Gasteiger partial charge in [0.2, 0.25) is 0 Å². The molecule has 0 N–H and O–H groups in total. The quantitative estimate of drug-likeness (QED) is 0.757. The lowest BCUT2D eigenvalue weighted by molar-refractivity contribution is 0.00578. The Hall–Kier alpha value is -1.56. The molecule has 0 aromatic heterocycles. The van der Waals surface area contributed by atoms with Crippen LogP contribution in [0.5, 0.6) is 5.75 Å². The lowest BCUT2D eigenvalue weighted by Gasteiger charge is -2.32. The van der Waals surface area contributed by atoms with Crippen molar-refractivity contribution in [3.05, 3.63) is 58.9 Å². The first-order chi connectivity index (χ1) is 11.7. The first-order valence-electron chi connectivity index (χ1n) is 8.21. The molecule has 0 radical (unpaired) electrons. The number of ether oxygens (including phenoxy) is 1. The second kappa shape index (κ2) is 6.63. The zero-order valence-corrected chi connectivity index (χ0v) is 15.6. The summed E-state index contributed by atoms with van der Waals surface area (Å²) in [6, 6.07) is 12.4. The highest BCUT2D eigenvalue weighted by Crippen LogP contribution is 2.37. The molecular weight excluding hydrogens is 341 g/mol. The third kappa shape index (κ3) is 3.69. The topological polar surface area (TPSA) is 27.7 Å². The number of halogens is 2. The van der Waals surface area contributed by atoms with Crippen LogP contribution in [0.15, 0.2) is 42.5 Å². The average Bonchev–Trinajstić information content (AvgIpc) is 2.76. The molecule has 0 atom stereocenters. The van der Waals surface area contributed by atoms with Crippen LogP contribution in [-0.4, -0.2) is 18.3 Å². The SMILES string of the molecule is CC1(C)OB(c2cc(Cl)c(OCc3ccccc3)cc2F)OC1(C)C.